The van der Waals surface area contributed by atoms with Crippen LogP contribution in [0.15, 0.2) is 30.6 Å². The highest BCUT2D eigenvalue weighted by molar-refractivity contribution is 5.75. The molecule has 3 heteroatoms. The molecule has 156 valence electrons. The maximum atomic E-state index is 11.0. The van der Waals surface area contributed by atoms with Crippen LogP contribution in [0.25, 0.3) is 0 Å². The van der Waals surface area contributed by atoms with Gasteiger partial charge in [-0.2, -0.15) is 0 Å². The van der Waals surface area contributed by atoms with Gasteiger partial charge >= 0.3 is 0 Å². The third-order valence-corrected chi connectivity index (χ3v) is 4.85. The molecule has 0 fully saturated rings. The third kappa shape index (κ3) is 22.6. The fourth-order valence-corrected chi connectivity index (χ4v) is 3.09. The number of hydrogen-bond donors (Lipinski definition) is 1. The van der Waals surface area contributed by atoms with Crippen molar-refractivity contribution < 1.29 is 4.79 Å². The van der Waals surface area contributed by atoms with Crippen molar-refractivity contribution in [2.45, 2.75) is 110 Å². The zero-order chi connectivity index (χ0) is 19.8. The van der Waals surface area contributed by atoms with Crippen molar-refractivity contribution in [1.29, 1.82) is 0 Å². The van der Waals surface area contributed by atoms with Crippen LogP contribution in [-0.4, -0.2) is 17.9 Å². The second kappa shape index (κ2) is 22.7. The second-order valence-electron chi connectivity index (χ2n) is 7.40. The number of carbonyl (C=O) groups is 1. The minimum atomic E-state index is 0.185. The zero-order valence-electron chi connectivity index (χ0n) is 18.1. The van der Waals surface area contributed by atoms with Crippen LogP contribution in [0.4, 0.5) is 0 Å². The lowest BCUT2D eigenvalue weighted by Crippen LogP contribution is -2.16. The lowest BCUT2D eigenvalue weighted by Gasteiger charge is -2.03. The largest absolute Gasteiger partial charge is 0.359 e. The number of carbonyl (C=O) groups excluding carboxylic acids is 1. The van der Waals surface area contributed by atoms with Crippen molar-refractivity contribution in [3.63, 3.8) is 0 Å². The number of hydrogen-bond acceptors (Lipinski definition) is 2. The SMILES string of the molecule is CCCCCCCCCCCCCCCCCC(=O)NC.c1ccncc1. The van der Waals surface area contributed by atoms with Crippen LogP contribution < -0.4 is 5.32 Å². The highest BCUT2D eigenvalue weighted by Crippen LogP contribution is 2.13. The molecule has 0 spiro atoms. The standard InChI is InChI=1S/C19H39NO.C5H5N/c1-3-4-5-6-7-8-9-10-11-12-13-14-15-16-17-18-19(21)20-2;1-2-4-6-5-3-1/h3-18H2,1-2H3,(H,20,21);1-5H. The Kier molecular flexibility index (Phi) is 21.5. The summed E-state index contributed by atoms with van der Waals surface area (Å²) < 4.78 is 0. The van der Waals surface area contributed by atoms with E-state index < -0.39 is 0 Å². The van der Waals surface area contributed by atoms with Crippen LogP contribution in [0.5, 0.6) is 0 Å². The van der Waals surface area contributed by atoms with Crippen LogP contribution in [0.2, 0.25) is 0 Å². The fraction of sp³-hybridized carbons (Fsp3) is 0.750. The Labute approximate surface area is 168 Å². The van der Waals surface area contributed by atoms with E-state index in [1.165, 1.54) is 89.9 Å². The van der Waals surface area contributed by atoms with Gasteiger partial charge in [0.1, 0.15) is 0 Å². The monoisotopic (exact) mass is 376 g/mol. The van der Waals surface area contributed by atoms with Gasteiger partial charge in [-0.05, 0) is 18.6 Å². The molecule has 0 saturated heterocycles. The van der Waals surface area contributed by atoms with Crippen LogP contribution in [0, 0.1) is 0 Å². The van der Waals surface area contributed by atoms with Gasteiger partial charge in [-0.25, -0.2) is 0 Å². The Morgan fingerprint density at radius 1 is 0.667 bits per heavy atom. The Morgan fingerprint density at radius 2 is 1.07 bits per heavy atom. The molecule has 1 aromatic rings. The summed E-state index contributed by atoms with van der Waals surface area (Å²) in [6.45, 7) is 2.28. The van der Waals surface area contributed by atoms with Crippen molar-refractivity contribution in [2.24, 2.45) is 0 Å². The molecule has 1 rings (SSSR count). The molecular formula is C24H44N2O. The van der Waals surface area contributed by atoms with Crippen LogP contribution >= 0.6 is 0 Å². The molecule has 0 unspecified atom stereocenters. The molecule has 0 aliphatic heterocycles. The van der Waals surface area contributed by atoms with Gasteiger partial charge in [0.15, 0.2) is 0 Å². The highest BCUT2D eigenvalue weighted by Gasteiger charge is 1.97. The van der Waals surface area contributed by atoms with Gasteiger partial charge in [0.2, 0.25) is 5.91 Å². The van der Waals surface area contributed by atoms with E-state index in [0.29, 0.717) is 6.42 Å². The number of pyridine rings is 1. The second-order valence-corrected chi connectivity index (χ2v) is 7.40. The number of aromatic nitrogens is 1. The molecular weight excluding hydrogens is 332 g/mol. The predicted octanol–water partition coefficient (Wildman–Crippen LogP) is 7.08. The molecule has 1 N–H and O–H groups in total. The van der Waals surface area contributed by atoms with Gasteiger partial charge < -0.3 is 5.32 Å². The van der Waals surface area contributed by atoms with E-state index in [4.69, 9.17) is 0 Å². The molecule has 0 radical (unpaired) electrons. The molecule has 0 aliphatic carbocycles. The summed E-state index contributed by atoms with van der Waals surface area (Å²) in [6, 6.07) is 5.72. The topological polar surface area (TPSA) is 42.0 Å². The first kappa shape index (κ1) is 25.6. The number of nitrogens with zero attached hydrogens (tertiary/aromatic N) is 1. The van der Waals surface area contributed by atoms with Crippen molar-refractivity contribution in [1.82, 2.24) is 10.3 Å². The molecule has 27 heavy (non-hydrogen) atoms. The average Bonchev–Trinajstić information content (AvgIpc) is 2.72. The summed E-state index contributed by atoms with van der Waals surface area (Å²) >= 11 is 0. The third-order valence-electron chi connectivity index (χ3n) is 4.85. The molecule has 1 aromatic heterocycles. The first-order valence-electron chi connectivity index (χ1n) is 11.4. The van der Waals surface area contributed by atoms with E-state index in [9.17, 15) is 4.79 Å². The molecule has 0 aliphatic rings. The number of amides is 1. The molecule has 0 atom stereocenters. The highest BCUT2D eigenvalue weighted by atomic mass is 16.1. The van der Waals surface area contributed by atoms with Crippen LogP contribution in [0.1, 0.15) is 110 Å². The Morgan fingerprint density at radius 3 is 1.37 bits per heavy atom. The maximum Gasteiger partial charge on any atom is 0.219 e. The normalized spacial score (nSPS) is 10.1. The summed E-state index contributed by atoms with van der Waals surface area (Å²) in [6.07, 6.45) is 24.8. The fourth-order valence-electron chi connectivity index (χ4n) is 3.09. The number of nitrogens with one attached hydrogen (secondary N) is 1. The van der Waals surface area contributed by atoms with Gasteiger partial charge in [-0.3, -0.25) is 9.78 Å². The summed E-state index contributed by atoms with van der Waals surface area (Å²) in [7, 11) is 1.72. The summed E-state index contributed by atoms with van der Waals surface area (Å²) in [5, 5.41) is 2.68. The molecule has 0 aromatic carbocycles. The van der Waals surface area contributed by atoms with Gasteiger partial charge in [-0.15, -0.1) is 0 Å². The number of rotatable bonds is 16. The lowest BCUT2D eigenvalue weighted by atomic mass is 10.0. The van der Waals surface area contributed by atoms with Crippen LogP contribution in [0.3, 0.4) is 0 Å². The maximum absolute atomic E-state index is 11.0. The minimum absolute atomic E-state index is 0.185. The van der Waals surface area contributed by atoms with Crippen LogP contribution in [-0.2, 0) is 4.79 Å². The molecule has 1 heterocycles. The van der Waals surface area contributed by atoms with Crippen molar-refractivity contribution in [2.75, 3.05) is 7.05 Å². The van der Waals surface area contributed by atoms with E-state index >= 15 is 0 Å². The predicted molar refractivity (Wildman–Crippen MR) is 118 cm³/mol. The molecule has 0 bridgehead atoms. The first-order valence-corrected chi connectivity index (χ1v) is 11.4. The van der Waals surface area contributed by atoms with Crippen molar-refractivity contribution in [3.8, 4) is 0 Å². The van der Waals surface area contributed by atoms with E-state index in [-0.39, 0.29) is 5.91 Å². The van der Waals surface area contributed by atoms with Gasteiger partial charge in [0.25, 0.3) is 0 Å². The summed E-state index contributed by atoms with van der Waals surface area (Å²) in [5.41, 5.74) is 0. The first-order chi connectivity index (χ1) is 13.3. The molecule has 0 saturated carbocycles. The Balaban J connectivity index is 0.000000941. The Bertz CT molecular complexity index is 368. The zero-order valence-corrected chi connectivity index (χ0v) is 18.1. The summed E-state index contributed by atoms with van der Waals surface area (Å²) in [4.78, 5) is 14.8. The van der Waals surface area contributed by atoms with E-state index in [1.54, 1.807) is 19.4 Å². The van der Waals surface area contributed by atoms with E-state index in [1.807, 2.05) is 18.2 Å². The van der Waals surface area contributed by atoms with Gasteiger partial charge in [-0.1, -0.05) is 103 Å². The van der Waals surface area contributed by atoms with Crippen molar-refractivity contribution >= 4 is 5.91 Å². The van der Waals surface area contributed by atoms with Gasteiger partial charge in [0.05, 0.1) is 0 Å². The van der Waals surface area contributed by atoms with Gasteiger partial charge in [0, 0.05) is 25.9 Å². The average molecular weight is 377 g/mol. The Hall–Kier alpha value is -1.38. The van der Waals surface area contributed by atoms with E-state index in [0.717, 1.165) is 6.42 Å². The minimum Gasteiger partial charge on any atom is -0.359 e. The smallest absolute Gasteiger partial charge is 0.219 e. The molecule has 1 amide bonds. The quantitative estimate of drug-likeness (QED) is 0.313. The molecule has 3 nitrogen and oxygen atoms in total. The number of unbranched alkanes of at least 4 members (excludes halogenated alkanes) is 14. The summed E-state index contributed by atoms with van der Waals surface area (Å²) in [5.74, 6) is 0.185. The van der Waals surface area contributed by atoms with Crippen molar-refractivity contribution in [3.05, 3.63) is 30.6 Å². The lowest BCUT2D eigenvalue weighted by molar-refractivity contribution is -0.120. The van der Waals surface area contributed by atoms with E-state index in [2.05, 4.69) is 17.2 Å².